The highest BCUT2D eigenvalue weighted by atomic mass is 19.1. The Hall–Kier alpha value is -4.39. The Bertz CT molecular complexity index is 1550. The quantitative estimate of drug-likeness (QED) is 0.496. The molecule has 1 N–H and O–H groups in total. The summed E-state index contributed by atoms with van der Waals surface area (Å²) in [6.07, 6.45) is -0.424. The number of likely N-dealkylation sites (tertiary alicyclic amines) is 1. The second-order valence-corrected chi connectivity index (χ2v) is 10.6. The molecular weight excluding hydrogens is 504 g/mol. The maximum absolute atomic E-state index is 14.1. The van der Waals surface area contributed by atoms with Crippen molar-refractivity contribution < 1.29 is 23.2 Å². The highest BCUT2D eigenvalue weighted by molar-refractivity contribution is 6.07. The normalized spacial score (nSPS) is 20.7. The Morgan fingerprint density at radius 1 is 1.23 bits per heavy atom. The van der Waals surface area contributed by atoms with E-state index >= 15 is 0 Å². The minimum Gasteiger partial charge on any atom is -0.328 e. The number of halogens is 2. The van der Waals surface area contributed by atoms with Crippen molar-refractivity contribution in [1.29, 1.82) is 0 Å². The molecule has 10 heteroatoms. The number of likely N-dealkylation sites (N-methyl/N-ethyl adjacent to an activating group) is 1. The first-order valence-corrected chi connectivity index (χ1v) is 12.7. The molecule has 3 aromatic rings. The smallest absolute Gasteiger partial charge is 0.302 e. The van der Waals surface area contributed by atoms with Crippen LogP contribution in [0.15, 0.2) is 48.5 Å². The number of anilines is 1. The molecule has 2 aliphatic heterocycles. The molecule has 0 saturated carbocycles. The zero-order valence-electron chi connectivity index (χ0n) is 21.7. The molecule has 3 heterocycles. The first kappa shape index (κ1) is 26.2. The second kappa shape index (κ2) is 9.73. The van der Waals surface area contributed by atoms with E-state index in [-0.39, 0.29) is 41.4 Å². The number of nitrogens with zero attached hydrogens (tertiary/aromatic N) is 4. The molecule has 2 aromatic carbocycles. The number of nitrogens with one attached hydrogen (secondary N) is 1. The minimum absolute atomic E-state index is 0.0143. The van der Waals surface area contributed by atoms with Gasteiger partial charge in [-0.3, -0.25) is 24.1 Å². The summed E-state index contributed by atoms with van der Waals surface area (Å²) in [7, 11) is 1.47. The molecule has 5 rings (SSSR count). The Balaban J connectivity index is 1.46. The zero-order valence-corrected chi connectivity index (χ0v) is 21.7. The lowest BCUT2D eigenvalue weighted by molar-refractivity contribution is -0.136. The van der Waals surface area contributed by atoms with Gasteiger partial charge >= 0.3 is 6.17 Å². The van der Waals surface area contributed by atoms with E-state index in [1.807, 2.05) is 32.0 Å². The lowest BCUT2D eigenvalue weighted by Crippen LogP contribution is -2.51. The number of aromatic nitrogens is 1. The van der Waals surface area contributed by atoms with E-state index in [9.17, 15) is 23.2 Å². The van der Waals surface area contributed by atoms with E-state index in [1.54, 1.807) is 6.07 Å². The van der Waals surface area contributed by atoms with Gasteiger partial charge in [0.05, 0.1) is 11.9 Å². The van der Waals surface area contributed by atoms with Crippen molar-refractivity contribution in [1.82, 2.24) is 14.8 Å². The molecule has 0 radical (unpaired) electrons. The molecule has 1 saturated heterocycles. The van der Waals surface area contributed by atoms with Crippen LogP contribution in [0.5, 0.6) is 0 Å². The topological polar surface area (TPSA) is 87.0 Å². The molecule has 0 aliphatic carbocycles. The first-order valence-electron chi connectivity index (χ1n) is 12.7. The summed E-state index contributed by atoms with van der Waals surface area (Å²) < 4.78 is 27.9. The Kier molecular flexibility index (Phi) is 6.54. The van der Waals surface area contributed by atoms with Crippen LogP contribution in [0.1, 0.15) is 42.7 Å². The molecule has 0 unspecified atom stereocenters. The number of amides is 3. The number of hydrogen-bond acceptors (Lipinski definition) is 4. The van der Waals surface area contributed by atoms with Crippen LogP contribution in [0.2, 0.25) is 0 Å². The van der Waals surface area contributed by atoms with Crippen molar-refractivity contribution in [2.75, 3.05) is 18.9 Å². The molecule has 1 aromatic heterocycles. The summed E-state index contributed by atoms with van der Waals surface area (Å²) in [6, 6.07) is 10.8. The summed E-state index contributed by atoms with van der Waals surface area (Å²) >= 11 is 0. The van der Waals surface area contributed by atoms with E-state index in [4.69, 9.17) is 6.57 Å². The van der Waals surface area contributed by atoms with Crippen LogP contribution >= 0.6 is 0 Å². The average Bonchev–Trinajstić information content (AvgIpc) is 3.43. The monoisotopic (exact) mass is 531 g/mol. The van der Waals surface area contributed by atoms with Crippen molar-refractivity contribution in [2.45, 2.75) is 44.3 Å². The maximum Gasteiger partial charge on any atom is 0.302 e. The van der Waals surface area contributed by atoms with Crippen molar-refractivity contribution in [3.8, 4) is 0 Å². The van der Waals surface area contributed by atoms with Gasteiger partial charge in [0, 0.05) is 36.8 Å². The van der Waals surface area contributed by atoms with Crippen LogP contribution in [0, 0.1) is 24.1 Å². The van der Waals surface area contributed by atoms with Gasteiger partial charge in [0.2, 0.25) is 5.91 Å². The molecule has 1 fully saturated rings. The molecule has 2 aliphatic rings. The number of benzene rings is 2. The maximum atomic E-state index is 14.1. The van der Waals surface area contributed by atoms with Gasteiger partial charge < -0.3 is 10.2 Å². The van der Waals surface area contributed by atoms with Crippen molar-refractivity contribution in [3.63, 3.8) is 0 Å². The highest BCUT2D eigenvalue weighted by Gasteiger charge is 2.59. The first-order chi connectivity index (χ1) is 18.6. The number of rotatable bonds is 5. The summed E-state index contributed by atoms with van der Waals surface area (Å²) in [6.45, 7) is 11.6. The minimum atomic E-state index is -1.04. The van der Waals surface area contributed by atoms with E-state index in [0.29, 0.717) is 12.1 Å². The van der Waals surface area contributed by atoms with Gasteiger partial charge in [0.25, 0.3) is 11.8 Å². The van der Waals surface area contributed by atoms with Crippen molar-refractivity contribution in [3.05, 3.63) is 82.8 Å². The molecular formula is C29H27F2N5O3. The van der Waals surface area contributed by atoms with Crippen LogP contribution < -0.4 is 5.32 Å². The van der Waals surface area contributed by atoms with E-state index < -0.39 is 41.1 Å². The molecule has 3 amide bonds. The number of pyridine rings is 1. The average molecular weight is 532 g/mol. The number of para-hydroxylation sites is 1. The fraction of sp³-hybridized carbons (Fsp3) is 0.345. The summed E-state index contributed by atoms with van der Waals surface area (Å²) in [4.78, 5) is 51.2. The van der Waals surface area contributed by atoms with E-state index in [2.05, 4.69) is 15.1 Å². The number of fused-ring (bicyclic) bond motifs is 3. The van der Waals surface area contributed by atoms with Gasteiger partial charge in [-0.15, -0.1) is 0 Å². The molecule has 39 heavy (non-hydrogen) atoms. The number of hydrogen-bond donors (Lipinski definition) is 1. The molecule has 200 valence electrons. The van der Waals surface area contributed by atoms with Gasteiger partial charge in [-0.2, -0.15) is 0 Å². The van der Waals surface area contributed by atoms with Gasteiger partial charge in [0.1, 0.15) is 28.8 Å². The van der Waals surface area contributed by atoms with E-state index in [1.165, 1.54) is 29.0 Å². The third-order valence-corrected chi connectivity index (χ3v) is 7.60. The summed E-state index contributed by atoms with van der Waals surface area (Å²) in [5.41, 5.74) is 0.296. The number of carbonyl (C=O) groups is 3. The lowest BCUT2D eigenvalue weighted by Gasteiger charge is -2.32. The van der Waals surface area contributed by atoms with Gasteiger partial charge in [-0.25, -0.2) is 20.3 Å². The fourth-order valence-electron chi connectivity index (χ4n) is 5.62. The Morgan fingerprint density at radius 3 is 2.69 bits per heavy atom. The van der Waals surface area contributed by atoms with Crippen LogP contribution in [-0.4, -0.2) is 58.3 Å². The standard InChI is InChI=1S/C29H27F2N5O3/c1-16(2)11-24(35(4)26(37)22-10-9-18-20(31)12-17(30)13-23(18)33-22)27(38)36-15-29(14-25(36)32-3)19-7-5-6-8-21(19)34-28(29)39/h5-10,12-13,16,24-25H,11,14-15H2,1-2,4H3,(H,34,39)/t24-,25-,29-/m0/s1. The third kappa shape index (κ3) is 4.38. The molecule has 1 spiro atoms. The van der Waals surface area contributed by atoms with E-state index in [0.717, 1.165) is 17.7 Å². The lowest BCUT2D eigenvalue weighted by atomic mass is 9.80. The van der Waals surface area contributed by atoms with Crippen LogP contribution in [0.3, 0.4) is 0 Å². The predicted molar refractivity (Wildman–Crippen MR) is 140 cm³/mol. The molecule has 3 atom stereocenters. The fourth-order valence-corrected chi connectivity index (χ4v) is 5.62. The SMILES string of the molecule is [C-]#[N+][C@@H]1C[C@@]2(CN1C(=O)[C@H](CC(C)C)N(C)C(=O)c1ccc3c(F)cc(F)cc3n1)C(=O)Nc1ccccc12. The van der Waals surface area contributed by atoms with Crippen molar-refractivity contribution >= 4 is 34.3 Å². The van der Waals surface area contributed by atoms with Crippen LogP contribution in [0.4, 0.5) is 14.5 Å². The largest absolute Gasteiger partial charge is 0.328 e. The Labute approximate surface area is 224 Å². The predicted octanol–water partition coefficient (Wildman–Crippen LogP) is 4.37. The van der Waals surface area contributed by atoms with Crippen LogP contribution in [-0.2, 0) is 15.0 Å². The summed E-state index contributed by atoms with van der Waals surface area (Å²) in [5, 5.41) is 2.95. The number of carbonyl (C=O) groups excluding carboxylic acids is 3. The molecule has 8 nitrogen and oxygen atoms in total. The van der Waals surface area contributed by atoms with Gasteiger partial charge in [-0.1, -0.05) is 32.0 Å². The van der Waals surface area contributed by atoms with Crippen molar-refractivity contribution in [2.24, 2.45) is 5.92 Å². The highest BCUT2D eigenvalue weighted by Crippen LogP contribution is 2.47. The summed E-state index contributed by atoms with van der Waals surface area (Å²) in [5.74, 6) is -2.88. The van der Waals surface area contributed by atoms with Gasteiger partial charge in [0.15, 0.2) is 0 Å². The van der Waals surface area contributed by atoms with Gasteiger partial charge in [-0.05, 0) is 36.1 Å². The third-order valence-electron chi connectivity index (χ3n) is 7.60. The Morgan fingerprint density at radius 2 is 1.97 bits per heavy atom. The van der Waals surface area contributed by atoms with Crippen LogP contribution in [0.25, 0.3) is 15.7 Å². The molecule has 0 bridgehead atoms. The second-order valence-electron chi connectivity index (χ2n) is 10.6. The zero-order chi connectivity index (χ0) is 28.1.